The van der Waals surface area contributed by atoms with Crippen molar-refractivity contribution >= 4 is 0 Å². The zero-order valence-electron chi connectivity index (χ0n) is 59.5. The Morgan fingerprint density at radius 1 is 0.243 bits per heavy atom. The summed E-state index contributed by atoms with van der Waals surface area (Å²) in [5.41, 5.74) is 0. The fourth-order valence-corrected chi connectivity index (χ4v) is 9.47. The molecule has 8 atom stereocenters. The summed E-state index contributed by atoms with van der Waals surface area (Å²) in [6, 6.07) is -2.92. The van der Waals surface area contributed by atoms with Crippen LogP contribution in [0.3, 0.4) is 0 Å². The Balaban J connectivity index is -0.0000000656. The molecule has 28 N–H and O–H groups in total. The van der Waals surface area contributed by atoms with E-state index in [1.54, 1.807) is 24.4 Å². The molecule has 662 valence electrons. The Morgan fingerprint density at radius 3 is 0.485 bits per heavy atom. The second-order valence-electron chi connectivity index (χ2n) is 22.9. The molecule has 7 fully saturated rings. The normalized spacial score (nSPS) is 22.2. The molecule has 103 heavy (non-hydrogen) atoms. The first-order chi connectivity index (χ1) is 42.7. The predicted molar refractivity (Wildman–Crippen MR) is 354 cm³/mol. The van der Waals surface area contributed by atoms with Gasteiger partial charge in [0.1, 0.15) is 73.5 Å². The van der Waals surface area contributed by atoms with Crippen molar-refractivity contribution in [3.05, 3.63) is 67.0 Å². The van der Waals surface area contributed by atoms with E-state index >= 15 is 0 Å². The summed E-state index contributed by atoms with van der Waals surface area (Å²) in [6.45, 7) is 15.5. The SMILES string of the molecule is CC(O)O.CC(O)O.CC(O)O.CC(O)O.CC(O)O.CC(O)O.CC(O)O.CC(O)O.O.O.OC(O)(C1C=CC=C[N-]1)C1CCCC[N-]1.OC(O)(C1CCCC[N-]1)C1CCCC[N-]1.OC(O)(C1CCCC[N-]1)C1CCCC[N-]1.OC(O)(C1CCCC[N-]1)C1CCCC[N-]1.[Ni].[Ni].[Ni].[Ni].[Ni].[Ni].[Ni].[Ni].[Ni]. The molecule has 0 aromatic rings. The molecule has 0 radical (unpaired) electrons. The molecule has 8 aliphatic rings. The molecule has 0 aliphatic carbocycles. The van der Waals surface area contributed by atoms with E-state index < -0.39 is 85.6 Å². The van der Waals surface area contributed by atoms with Crippen molar-refractivity contribution in [2.75, 3.05) is 45.8 Å². The summed E-state index contributed by atoms with van der Waals surface area (Å²) in [6.07, 6.45) is 17.8. The molecular weight excluding hydrogens is 1780 g/mol. The molecular formula is C60H128N8Ni9O26-8. The number of aliphatic hydroxyl groups is 24. The van der Waals surface area contributed by atoms with Crippen LogP contribution in [0.4, 0.5) is 0 Å². The average molecular weight is 1910 g/mol. The van der Waals surface area contributed by atoms with E-state index in [9.17, 15) is 40.9 Å². The van der Waals surface area contributed by atoms with Gasteiger partial charge in [-0.1, -0.05) is 195 Å². The van der Waals surface area contributed by atoms with Crippen LogP contribution in [0, 0.1) is 0 Å². The van der Waals surface area contributed by atoms with Gasteiger partial charge >= 0.3 is 0 Å². The van der Waals surface area contributed by atoms with Gasteiger partial charge in [0, 0.05) is 148 Å². The third-order valence-electron chi connectivity index (χ3n) is 13.3. The maximum absolute atomic E-state index is 10.1. The molecule has 8 heterocycles. The van der Waals surface area contributed by atoms with Crippen molar-refractivity contribution in [2.24, 2.45) is 0 Å². The van der Waals surface area contributed by atoms with E-state index in [1.165, 1.54) is 55.4 Å². The summed E-state index contributed by atoms with van der Waals surface area (Å²) in [4.78, 5) is 0. The topological polar surface area (TPSA) is 661 Å². The number of aliphatic hydroxyl groups excluding tert-OH is 8. The van der Waals surface area contributed by atoms with Crippen LogP contribution in [0.25, 0.3) is 42.5 Å². The van der Waals surface area contributed by atoms with E-state index in [1.807, 2.05) is 0 Å². The van der Waals surface area contributed by atoms with Gasteiger partial charge in [-0.2, -0.15) is 6.20 Å². The fraction of sp³-hybridized carbons (Fsp3) is 0.933. The van der Waals surface area contributed by atoms with Crippen LogP contribution >= 0.6 is 0 Å². The van der Waals surface area contributed by atoms with E-state index in [0.717, 1.165) is 181 Å². The van der Waals surface area contributed by atoms with Gasteiger partial charge in [-0.05, 0) is 61.4 Å². The van der Waals surface area contributed by atoms with Crippen molar-refractivity contribution in [2.45, 2.75) is 312 Å². The fourth-order valence-electron chi connectivity index (χ4n) is 9.47. The minimum absolute atomic E-state index is 0. The molecule has 43 heteroatoms. The van der Waals surface area contributed by atoms with Crippen LogP contribution in [0.1, 0.15) is 190 Å². The number of hydrogen-bond acceptors (Lipinski definition) is 24. The van der Waals surface area contributed by atoms with Crippen LogP contribution in [0.2, 0.25) is 0 Å². The molecule has 0 saturated carbocycles. The second kappa shape index (κ2) is 85.3. The number of rotatable bonds is 8. The molecule has 0 aromatic heterocycles. The average Bonchev–Trinajstić information content (AvgIpc) is 0.846. The van der Waals surface area contributed by atoms with Crippen molar-refractivity contribution < 1.29 is 282 Å². The molecule has 34 nitrogen and oxygen atoms in total. The largest absolute Gasteiger partial charge is 0.681 e. The maximum Gasteiger partial charge on any atom is 0.148 e. The van der Waals surface area contributed by atoms with Crippen molar-refractivity contribution in [3.8, 4) is 0 Å². The predicted octanol–water partition coefficient (Wildman–Crippen LogP) is -1.16. The number of nitrogens with zero attached hydrogens (tertiary/aromatic N) is 8. The van der Waals surface area contributed by atoms with Gasteiger partial charge in [-0.3, -0.25) is 0 Å². The molecule has 0 aromatic carbocycles. The second-order valence-corrected chi connectivity index (χ2v) is 22.9. The summed E-state index contributed by atoms with van der Waals surface area (Å²) >= 11 is 0. The number of hydrogen-bond donors (Lipinski definition) is 24. The van der Waals surface area contributed by atoms with Crippen LogP contribution < -0.4 is 0 Å². The van der Waals surface area contributed by atoms with Crippen LogP contribution in [-0.2, 0) is 148 Å². The van der Waals surface area contributed by atoms with Crippen LogP contribution in [0.5, 0.6) is 0 Å². The van der Waals surface area contributed by atoms with Crippen molar-refractivity contribution in [1.29, 1.82) is 0 Å². The first kappa shape index (κ1) is 141. The van der Waals surface area contributed by atoms with E-state index in [4.69, 9.17) is 81.7 Å². The Hall–Kier alpha value is 2.40. The summed E-state index contributed by atoms with van der Waals surface area (Å²) in [5.74, 6) is -6.91. The monoisotopic (exact) mass is 1900 g/mol. The Morgan fingerprint density at radius 2 is 0.379 bits per heavy atom. The standard InChI is InChI=1S/3C11H20N2O2.C11H16N2O2.8C2H6O2.9Ni.2H2O/c4*14-11(15,9-5-1-3-7-12-9)10-6-2-4-8-13-10;8*1-2(3)4;;;;;;;;;;;/h3*9-10,14-15H,1-8H2;1,3,5,7,9-10,14-15H,2,4,6,8H2;8*2-4H,1H3;;;;;;;;;;2*1H2/q4*-2;;;;;;;;;;;;;;;;;;;. The number of allylic oxidation sites excluding steroid dienone is 2. The van der Waals surface area contributed by atoms with Gasteiger partial charge in [0.05, 0.1) is 0 Å². The minimum atomic E-state index is -1.83. The molecule has 8 aliphatic heterocycles. The van der Waals surface area contributed by atoms with E-state index in [0.29, 0.717) is 0 Å². The zero-order chi connectivity index (χ0) is 71.5. The summed E-state index contributed by atoms with van der Waals surface area (Å²) in [7, 11) is 0. The first-order valence-corrected chi connectivity index (χ1v) is 32.1. The van der Waals surface area contributed by atoms with Crippen LogP contribution in [0.15, 0.2) is 24.4 Å². The molecule has 0 bridgehead atoms. The van der Waals surface area contributed by atoms with E-state index in [-0.39, 0.29) is 196 Å². The number of piperidine rings is 7. The third kappa shape index (κ3) is 83.6. The summed E-state index contributed by atoms with van der Waals surface area (Å²) < 4.78 is 0. The quantitative estimate of drug-likeness (QED) is 0.101. The molecule has 0 amide bonds. The smallest absolute Gasteiger partial charge is 0.148 e. The molecule has 8 unspecified atom stereocenters. The van der Waals surface area contributed by atoms with Crippen LogP contribution in [-0.4, -0.2) is 301 Å². The van der Waals surface area contributed by atoms with Gasteiger partial charge in [0.25, 0.3) is 0 Å². The molecule has 7 saturated heterocycles. The van der Waals surface area contributed by atoms with Crippen molar-refractivity contribution in [1.82, 2.24) is 0 Å². The third-order valence-corrected chi connectivity index (χ3v) is 13.3. The van der Waals surface area contributed by atoms with E-state index in [2.05, 4.69) is 42.5 Å². The Labute approximate surface area is 701 Å². The maximum atomic E-state index is 10.1. The van der Waals surface area contributed by atoms with Gasteiger partial charge in [-0.15, -0.1) is 45.8 Å². The Kier molecular flexibility index (Phi) is 116. The minimum Gasteiger partial charge on any atom is -0.681 e. The van der Waals surface area contributed by atoms with Gasteiger partial charge in [-0.25, -0.2) is 0 Å². The van der Waals surface area contributed by atoms with Gasteiger partial charge < -0.3 is 176 Å². The Bertz CT molecular complexity index is 1440. The summed E-state index contributed by atoms with van der Waals surface area (Å²) in [5, 5.41) is 237. The van der Waals surface area contributed by atoms with Gasteiger partial charge in [0.15, 0.2) is 0 Å². The van der Waals surface area contributed by atoms with Gasteiger partial charge in [0.2, 0.25) is 0 Å². The zero-order valence-corrected chi connectivity index (χ0v) is 68.4. The van der Waals surface area contributed by atoms with Crippen molar-refractivity contribution in [3.63, 3.8) is 0 Å². The molecule has 0 spiro atoms. The molecule has 8 rings (SSSR count). The first-order valence-electron chi connectivity index (χ1n) is 32.1.